The maximum atomic E-state index is 9.32. The molecule has 1 saturated heterocycles. The van der Waals surface area contributed by atoms with Crippen molar-refractivity contribution in [3.05, 3.63) is 0 Å². The van der Waals surface area contributed by atoms with E-state index in [4.69, 9.17) is 9.84 Å². The normalized spacial score (nSPS) is 20.5. The van der Waals surface area contributed by atoms with E-state index < -0.39 is 0 Å². The Kier molecular flexibility index (Phi) is 7.50. The van der Waals surface area contributed by atoms with Gasteiger partial charge >= 0.3 is 0 Å². The number of ether oxygens (including phenoxy) is 1. The first-order chi connectivity index (χ1) is 6.20. The van der Waals surface area contributed by atoms with Gasteiger partial charge in [-0.3, -0.25) is 0 Å². The first-order valence-electron chi connectivity index (χ1n) is 4.50. The lowest BCUT2D eigenvalue weighted by Gasteiger charge is -2.00. The third kappa shape index (κ3) is 7.65. The van der Waals surface area contributed by atoms with E-state index in [2.05, 4.69) is 4.99 Å². The van der Waals surface area contributed by atoms with Crippen molar-refractivity contribution < 1.29 is 14.6 Å². The van der Waals surface area contributed by atoms with E-state index in [-0.39, 0.29) is 18.8 Å². The van der Waals surface area contributed by atoms with Crippen molar-refractivity contribution in [3.8, 4) is 0 Å². The number of rotatable bonds is 2. The van der Waals surface area contributed by atoms with Crippen LogP contribution in [0.3, 0.4) is 0 Å². The number of hydrogen-bond acceptors (Lipinski definition) is 4. The second-order valence-corrected chi connectivity index (χ2v) is 3.13. The van der Waals surface area contributed by atoms with Gasteiger partial charge in [-0.05, 0) is 26.7 Å². The van der Waals surface area contributed by atoms with Crippen LogP contribution in [0, 0.1) is 0 Å². The van der Waals surface area contributed by atoms with Crippen LogP contribution in [-0.4, -0.2) is 36.5 Å². The van der Waals surface area contributed by atoms with Crippen LogP contribution in [0.1, 0.15) is 26.7 Å². The molecule has 4 nitrogen and oxygen atoms in total. The van der Waals surface area contributed by atoms with Gasteiger partial charge in [0.25, 0.3) is 0 Å². The minimum absolute atomic E-state index is 0.0995. The van der Waals surface area contributed by atoms with Crippen LogP contribution < -0.4 is 0 Å². The Balaban J connectivity index is 0.000000226. The summed E-state index contributed by atoms with van der Waals surface area (Å²) in [5.74, 6) is 0. The molecule has 1 atom stereocenters. The lowest BCUT2D eigenvalue weighted by molar-refractivity contribution is 0.0591. The number of hydrogen-bond donors (Lipinski definition) is 1. The fraction of sp³-hybridized carbons (Fsp3) is 0.889. The summed E-state index contributed by atoms with van der Waals surface area (Å²) in [7, 11) is 0. The minimum Gasteiger partial charge on any atom is -0.394 e. The van der Waals surface area contributed by atoms with E-state index in [1.807, 2.05) is 13.8 Å². The number of aliphatic hydroxyl groups excluding tert-OH is 1. The third-order valence-electron chi connectivity index (χ3n) is 1.54. The molecule has 1 fully saturated rings. The van der Waals surface area contributed by atoms with Gasteiger partial charge in [0.15, 0.2) is 0 Å². The van der Waals surface area contributed by atoms with Crippen LogP contribution >= 0.6 is 0 Å². The smallest absolute Gasteiger partial charge is 0.235 e. The molecule has 76 valence electrons. The molecule has 0 aromatic carbocycles. The zero-order valence-corrected chi connectivity index (χ0v) is 8.19. The molecule has 0 aliphatic carbocycles. The van der Waals surface area contributed by atoms with Gasteiger partial charge in [-0.15, -0.1) is 0 Å². The molecular formula is C9H17NO3. The summed E-state index contributed by atoms with van der Waals surface area (Å²) in [5.41, 5.74) is 0. The summed E-state index contributed by atoms with van der Waals surface area (Å²) >= 11 is 0. The SMILES string of the molecule is CC(C)N=C=O.OCC1CCCO1. The largest absolute Gasteiger partial charge is 0.394 e. The molecule has 13 heavy (non-hydrogen) atoms. The van der Waals surface area contributed by atoms with Crippen LogP contribution in [0.4, 0.5) is 0 Å². The van der Waals surface area contributed by atoms with Crippen LogP contribution in [0.15, 0.2) is 4.99 Å². The second kappa shape index (κ2) is 7.92. The topological polar surface area (TPSA) is 58.9 Å². The molecule has 1 rings (SSSR count). The van der Waals surface area contributed by atoms with Crippen molar-refractivity contribution in [1.29, 1.82) is 0 Å². The minimum atomic E-state index is 0.0995. The van der Waals surface area contributed by atoms with E-state index in [1.165, 1.54) is 6.08 Å². The molecule has 1 heterocycles. The van der Waals surface area contributed by atoms with Crippen molar-refractivity contribution >= 4 is 6.08 Å². The van der Waals surface area contributed by atoms with Crippen LogP contribution in [0.5, 0.6) is 0 Å². The Labute approximate surface area is 78.6 Å². The van der Waals surface area contributed by atoms with Gasteiger partial charge in [0.1, 0.15) is 0 Å². The molecule has 1 unspecified atom stereocenters. The number of aliphatic hydroxyl groups is 1. The Morgan fingerprint density at radius 3 is 2.54 bits per heavy atom. The summed E-state index contributed by atoms with van der Waals surface area (Å²) < 4.78 is 5.05. The van der Waals surface area contributed by atoms with Gasteiger partial charge < -0.3 is 9.84 Å². The monoisotopic (exact) mass is 187 g/mol. The maximum absolute atomic E-state index is 9.32. The average Bonchev–Trinajstić information content (AvgIpc) is 2.56. The first kappa shape index (κ1) is 12.3. The van der Waals surface area contributed by atoms with Gasteiger partial charge in [-0.2, -0.15) is 0 Å². The lowest BCUT2D eigenvalue weighted by atomic mass is 10.2. The van der Waals surface area contributed by atoms with Crippen LogP contribution in [0.25, 0.3) is 0 Å². The first-order valence-corrected chi connectivity index (χ1v) is 4.50. The Morgan fingerprint density at radius 1 is 1.69 bits per heavy atom. The molecule has 4 heteroatoms. The highest BCUT2D eigenvalue weighted by Crippen LogP contribution is 2.09. The highest BCUT2D eigenvalue weighted by molar-refractivity contribution is 5.33. The fourth-order valence-electron chi connectivity index (χ4n) is 0.894. The maximum Gasteiger partial charge on any atom is 0.235 e. The number of nitrogens with zero attached hydrogens (tertiary/aromatic N) is 1. The van der Waals surface area contributed by atoms with Gasteiger partial charge in [-0.1, -0.05) is 0 Å². The standard InChI is InChI=1S/C5H10O2.C4H7NO/c6-4-5-2-1-3-7-5;1-4(2)5-3-6/h5-6H,1-4H2;4H,1-2H3. The highest BCUT2D eigenvalue weighted by Gasteiger charge is 2.12. The molecule has 0 aromatic rings. The Morgan fingerprint density at radius 2 is 2.38 bits per heavy atom. The summed E-state index contributed by atoms with van der Waals surface area (Å²) in [6.45, 7) is 4.68. The molecule has 1 aliphatic rings. The van der Waals surface area contributed by atoms with Crippen molar-refractivity contribution in [2.75, 3.05) is 13.2 Å². The Bertz CT molecular complexity index is 158. The summed E-state index contributed by atoms with van der Waals surface area (Å²) in [4.78, 5) is 12.6. The van der Waals surface area contributed by atoms with E-state index >= 15 is 0 Å². The third-order valence-corrected chi connectivity index (χ3v) is 1.54. The van der Waals surface area contributed by atoms with Crippen molar-refractivity contribution in [1.82, 2.24) is 0 Å². The van der Waals surface area contributed by atoms with Crippen molar-refractivity contribution in [3.63, 3.8) is 0 Å². The summed E-state index contributed by atoms with van der Waals surface area (Å²) in [6.07, 6.45) is 3.75. The Hall–Kier alpha value is -0.700. The fourth-order valence-corrected chi connectivity index (χ4v) is 0.894. The van der Waals surface area contributed by atoms with Gasteiger partial charge in [0, 0.05) is 6.61 Å². The second-order valence-electron chi connectivity index (χ2n) is 3.13. The van der Waals surface area contributed by atoms with Gasteiger partial charge in [0.2, 0.25) is 6.08 Å². The van der Waals surface area contributed by atoms with E-state index in [1.54, 1.807) is 0 Å². The van der Waals surface area contributed by atoms with Gasteiger partial charge in [-0.25, -0.2) is 9.79 Å². The molecule has 1 aliphatic heterocycles. The molecule has 0 aromatic heterocycles. The van der Waals surface area contributed by atoms with E-state index in [9.17, 15) is 4.79 Å². The zero-order valence-electron chi connectivity index (χ0n) is 8.19. The number of aliphatic imine (C=N–C) groups is 1. The molecule has 0 radical (unpaired) electrons. The molecule has 0 amide bonds. The summed E-state index contributed by atoms with van der Waals surface area (Å²) in [6, 6.07) is 0.0995. The van der Waals surface area contributed by atoms with E-state index in [0.717, 1.165) is 19.4 Å². The lowest BCUT2D eigenvalue weighted by Crippen LogP contribution is -2.09. The van der Waals surface area contributed by atoms with Crippen molar-refractivity contribution in [2.45, 2.75) is 38.8 Å². The predicted octanol–water partition coefficient (Wildman–Crippen LogP) is 0.888. The van der Waals surface area contributed by atoms with Crippen molar-refractivity contribution in [2.24, 2.45) is 4.99 Å². The molecular weight excluding hydrogens is 170 g/mol. The highest BCUT2D eigenvalue weighted by atomic mass is 16.5. The number of carbonyl (C=O) groups excluding carboxylic acids is 1. The average molecular weight is 187 g/mol. The quantitative estimate of drug-likeness (QED) is 0.516. The van der Waals surface area contributed by atoms with Crippen LogP contribution in [-0.2, 0) is 9.53 Å². The van der Waals surface area contributed by atoms with E-state index in [0.29, 0.717) is 0 Å². The molecule has 0 bridgehead atoms. The van der Waals surface area contributed by atoms with Crippen LogP contribution in [0.2, 0.25) is 0 Å². The molecule has 0 spiro atoms. The zero-order chi connectivity index (χ0) is 10.1. The molecule has 0 saturated carbocycles. The number of isocyanates is 1. The van der Waals surface area contributed by atoms with Gasteiger partial charge in [0.05, 0.1) is 18.8 Å². The summed E-state index contributed by atoms with van der Waals surface area (Å²) in [5, 5.41) is 8.44. The molecule has 1 N–H and O–H groups in total. The predicted molar refractivity (Wildman–Crippen MR) is 49.3 cm³/mol.